The summed E-state index contributed by atoms with van der Waals surface area (Å²) >= 11 is 6.07. The van der Waals surface area contributed by atoms with E-state index < -0.39 is 15.8 Å². The SMILES string of the molecule is Cc1cccc(Cc2nnc(CN(c3ccc(Oc4ccccc4)cc3)S(=O)(=O)c3ccc(-c4ccc(F)c(Cl)c4)cc3C)n2Cc2cccc(C)n2)n1. The molecule has 9 nitrogen and oxygen atoms in total. The van der Waals surface area contributed by atoms with E-state index in [1.165, 1.54) is 16.4 Å². The molecule has 0 atom stereocenters. The Morgan fingerprint density at radius 1 is 0.704 bits per heavy atom. The lowest BCUT2D eigenvalue weighted by Crippen LogP contribution is -2.32. The Bertz CT molecular complexity index is 2550. The Balaban J connectivity index is 1.30. The van der Waals surface area contributed by atoms with Gasteiger partial charge in [-0.05, 0) is 116 Å². The molecule has 0 aliphatic heterocycles. The zero-order chi connectivity index (χ0) is 37.8. The molecule has 0 aliphatic carbocycles. The molecule has 0 N–H and O–H groups in total. The first kappa shape index (κ1) is 36.4. The van der Waals surface area contributed by atoms with E-state index in [1.807, 2.05) is 85.1 Å². The lowest BCUT2D eigenvalue weighted by atomic mass is 10.0. The number of para-hydroxylation sites is 1. The maximum atomic E-state index is 14.9. The average Bonchev–Trinajstić information content (AvgIpc) is 3.52. The number of pyridine rings is 2. The third-order valence-corrected chi connectivity index (χ3v) is 11.1. The highest BCUT2D eigenvalue weighted by Crippen LogP contribution is 2.33. The fraction of sp³-hybridized carbons (Fsp3) is 0.143. The van der Waals surface area contributed by atoms with Crippen molar-refractivity contribution in [2.45, 2.75) is 45.2 Å². The molecular formula is C42H36ClFN6O3S. The van der Waals surface area contributed by atoms with Gasteiger partial charge in [-0.25, -0.2) is 12.8 Å². The van der Waals surface area contributed by atoms with E-state index in [1.54, 1.807) is 55.5 Å². The Kier molecular flexibility index (Phi) is 10.5. The monoisotopic (exact) mass is 758 g/mol. The fourth-order valence-electron chi connectivity index (χ4n) is 6.17. The van der Waals surface area contributed by atoms with E-state index in [9.17, 15) is 12.8 Å². The average molecular weight is 759 g/mol. The topological polar surface area (TPSA) is 103 Å². The Morgan fingerprint density at radius 2 is 1.33 bits per heavy atom. The second-order valence-electron chi connectivity index (χ2n) is 12.9. The van der Waals surface area contributed by atoms with E-state index in [2.05, 4.69) is 15.2 Å². The normalized spacial score (nSPS) is 11.4. The van der Waals surface area contributed by atoms with E-state index in [4.69, 9.17) is 21.3 Å². The maximum Gasteiger partial charge on any atom is 0.264 e. The van der Waals surface area contributed by atoms with Crippen molar-refractivity contribution in [3.8, 4) is 22.6 Å². The molecule has 0 spiro atoms. The third-order valence-electron chi connectivity index (χ3n) is 8.84. The summed E-state index contributed by atoms with van der Waals surface area (Å²) < 4.78 is 52.9. The van der Waals surface area contributed by atoms with Crippen LogP contribution in [0.1, 0.15) is 40.0 Å². The summed E-state index contributed by atoms with van der Waals surface area (Å²) in [7, 11) is -4.22. The number of halogens is 2. The molecule has 4 aromatic carbocycles. The predicted molar refractivity (Wildman–Crippen MR) is 208 cm³/mol. The van der Waals surface area contributed by atoms with Gasteiger partial charge in [-0.3, -0.25) is 14.3 Å². The van der Waals surface area contributed by atoms with Crippen molar-refractivity contribution >= 4 is 27.3 Å². The lowest BCUT2D eigenvalue weighted by Gasteiger charge is -2.26. The fourth-order valence-corrected chi connectivity index (χ4v) is 7.98. The minimum atomic E-state index is -4.22. The van der Waals surface area contributed by atoms with Crippen LogP contribution in [0.15, 0.2) is 132 Å². The number of aromatic nitrogens is 5. The molecule has 0 fully saturated rings. The van der Waals surface area contributed by atoms with Gasteiger partial charge in [0.2, 0.25) is 0 Å². The molecule has 3 heterocycles. The molecule has 0 aliphatic rings. The summed E-state index contributed by atoms with van der Waals surface area (Å²) in [6.45, 7) is 5.76. The van der Waals surface area contributed by atoms with Gasteiger partial charge in [0.1, 0.15) is 23.1 Å². The number of aryl methyl sites for hydroxylation is 3. The van der Waals surface area contributed by atoms with Crippen molar-refractivity contribution in [2.24, 2.45) is 0 Å². The highest BCUT2D eigenvalue weighted by atomic mass is 35.5. The molecule has 0 amide bonds. The van der Waals surface area contributed by atoms with Gasteiger partial charge in [0.25, 0.3) is 10.0 Å². The summed E-state index contributed by atoms with van der Waals surface area (Å²) in [4.78, 5) is 9.49. The Hall–Kier alpha value is -5.91. The third kappa shape index (κ3) is 8.17. The van der Waals surface area contributed by atoms with Crippen molar-refractivity contribution in [3.63, 3.8) is 0 Å². The molecule has 7 rings (SSSR count). The molecule has 0 saturated carbocycles. The quantitative estimate of drug-likeness (QED) is 0.122. The molecule has 272 valence electrons. The van der Waals surface area contributed by atoms with E-state index >= 15 is 0 Å². The highest BCUT2D eigenvalue weighted by molar-refractivity contribution is 7.92. The van der Waals surface area contributed by atoms with Crippen LogP contribution in [0.5, 0.6) is 11.5 Å². The van der Waals surface area contributed by atoms with Gasteiger partial charge < -0.3 is 9.30 Å². The summed E-state index contributed by atoms with van der Waals surface area (Å²) in [5, 5.41) is 9.12. The molecule has 0 radical (unpaired) electrons. The maximum absolute atomic E-state index is 14.9. The first-order valence-corrected chi connectivity index (χ1v) is 19.0. The van der Waals surface area contributed by atoms with Crippen molar-refractivity contribution in [2.75, 3.05) is 4.31 Å². The number of nitrogens with zero attached hydrogens (tertiary/aromatic N) is 6. The number of benzene rings is 4. The van der Waals surface area contributed by atoms with Crippen LogP contribution in [-0.2, 0) is 29.5 Å². The minimum Gasteiger partial charge on any atom is -0.457 e. The molecular weight excluding hydrogens is 723 g/mol. The smallest absolute Gasteiger partial charge is 0.264 e. The van der Waals surface area contributed by atoms with E-state index in [0.29, 0.717) is 58.5 Å². The Morgan fingerprint density at radius 3 is 2.02 bits per heavy atom. The van der Waals surface area contributed by atoms with Crippen LogP contribution in [0, 0.1) is 26.6 Å². The second kappa shape index (κ2) is 15.6. The number of hydrogen-bond donors (Lipinski definition) is 0. The van der Waals surface area contributed by atoms with E-state index in [0.717, 1.165) is 22.8 Å². The highest BCUT2D eigenvalue weighted by Gasteiger charge is 2.30. The Labute approximate surface area is 318 Å². The summed E-state index contributed by atoms with van der Waals surface area (Å²) in [5.41, 5.74) is 5.57. The number of anilines is 1. The van der Waals surface area contributed by atoms with Crippen LogP contribution in [0.4, 0.5) is 10.1 Å². The number of sulfonamides is 1. The van der Waals surface area contributed by atoms with Gasteiger partial charge in [-0.1, -0.05) is 60.1 Å². The van der Waals surface area contributed by atoms with Crippen LogP contribution in [0.2, 0.25) is 5.02 Å². The van der Waals surface area contributed by atoms with Crippen LogP contribution >= 0.6 is 11.6 Å². The summed E-state index contributed by atoms with van der Waals surface area (Å²) in [6.07, 6.45) is 0.382. The minimum absolute atomic E-state index is 0.0183. The number of ether oxygens (including phenoxy) is 1. The van der Waals surface area contributed by atoms with Crippen molar-refractivity contribution in [1.29, 1.82) is 0 Å². The summed E-state index contributed by atoms with van der Waals surface area (Å²) in [6, 6.07) is 37.2. The van der Waals surface area contributed by atoms with Crippen molar-refractivity contribution < 1.29 is 17.5 Å². The lowest BCUT2D eigenvalue weighted by molar-refractivity contribution is 0.482. The second-order valence-corrected chi connectivity index (χ2v) is 15.1. The van der Waals surface area contributed by atoms with Gasteiger partial charge in [0.15, 0.2) is 5.82 Å². The predicted octanol–water partition coefficient (Wildman–Crippen LogP) is 9.28. The molecule has 3 aromatic heterocycles. The number of hydrogen-bond acceptors (Lipinski definition) is 7. The van der Waals surface area contributed by atoms with Gasteiger partial charge in [0.05, 0.1) is 40.8 Å². The van der Waals surface area contributed by atoms with Gasteiger partial charge in [-0.15, -0.1) is 10.2 Å². The van der Waals surface area contributed by atoms with Gasteiger partial charge in [-0.2, -0.15) is 0 Å². The molecule has 0 unspecified atom stereocenters. The largest absolute Gasteiger partial charge is 0.457 e. The van der Waals surface area contributed by atoms with Gasteiger partial charge in [0, 0.05) is 17.1 Å². The first-order chi connectivity index (χ1) is 26.0. The molecule has 12 heteroatoms. The van der Waals surface area contributed by atoms with Crippen LogP contribution in [-0.4, -0.2) is 33.2 Å². The summed E-state index contributed by atoms with van der Waals surface area (Å²) in [5.74, 6) is 1.71. The van der Waals surface area contributed by atoms with E-state index in [-0.39, 0.29) is 16.5 Å². The molecule has 7 aromatic rings. The zero-order valence-electron chi connectivity index (χ0n) is 29.8. The molecule has 0 saturated heterocycles. The first-order valence-electron chi connectivity index (χ1n) is 17.2. The van der Waals surface area contributed by atoms with Crippen LogP contribution < -0.4 is 9.04 Å². The molecule has 0 bridgehead atoms. The van der Waals surface area contributed by atoms with Crippen molar-refractivity contribution in [1.82, 2.24) is 24.7 Å². The zero-order valence-corrected chi connectivity index (χ0v) is 31.4. The number of rotatable bonds is 12. The van der Waals surface area contributed by atoms with Crippen molar-refractivity contribution in [3.05, 3.63) is 178 Å². The molecule has 54 heavy (non-hydrogen) atoms. The van der Waals surface area contributed by atoms with Crippen LogP contribution in [0.3, 0.4) is 0 Å². The standard InChI is InChI=1S/C42H36ClFN6O3S/c1-28-23-31(32-15-21-39(44)38(43)24-32)16-22-40(28)54(51,52)50(35-17-19-37(20-18-35)53-36-13-5-4-6-14-36)27-42-48-47-41(25-33-11-7-9-29(2)45-33)49(42)26-34-12-8-10-30(3)46-34/h4-24H,25-27H2,1-3H3. The van der Waals surface area contributed by atoms with Crippen LogP contribution in [0.25, 0.3) is 11.1 Å². The van der Waals surface area contributed by atoms with Gasteiger partial charge >= 0.3 is 0 Å².